The molecule has 0 heterocycles. The second-order valence-corrected chi connectivity index (χ2v) is 12.7. The highest BCUT2D eigenvalue weighted by Gasteiger charge is 2.66. The van der Waals surface area contributed by atoms with Crippen LogP contribution in [0.5, 0.6) is 0 Å². The van der Waals surface area contributed by atoms with E-state index in [1.807, 2.05) is 0 Å². The van der Waals surface area contributed by atoms with E-state index in [1.165, 1.54) is 51.4 Å². The van der Waals surface area contributed by atoms with E-state index >= 15 is 0 Å². The summed E-state index contributed by atoms with van der Waals surface area (Å²) in [5.41, 5.74) is -0.448. The summed E-state index contributed by atoms with van der Waals surface area (Å²) in [6.07, 6.45) is 14.1. The van der Waals surface area contributed by atoms with Crippen molar-refractivity contribution in [3.63, 3.8) is 0 Å². The van der Waals surface area contributed by atoms with Gasteiger partial charge in [0.05, 0.1) is 11.7 Å². The van der Waals surface area contributed by atoms with E-state index in [4.69, 9.17) is 0 Å². The zero-order chi connectivity index (χ0) is 21.0. The molecule has 2 heteroatoms. The Morgan fingerprint density at radius 3 is 2.34 bits per heavy atom. The molecule has 9 atom stereocenters. The minimum atomic E-state index is -0.831. The molecule has 0 aliphatic heterocycles. The van der Waals surface area contributed by atoms with Gasteiger partial charge >= 0.3 is 0 Å². The molecule has 4 fully saturated rings. The Morgan fingerprint density at radius 2 is 1.62 bits per heavy atom. The second kappa shape index (κ2) is 7.80. The van der Waals surface area contributed by atoms with Gasteiger partial charge in [0.2, 0.25) is 0 Å². The lowest BCUT2D eigenvalue weighted by Crippen LogP contribution is -2.67. The van der Waals surface area contributed by atoms with Crippen LogP contribution in [0.25, 0.3) is 0 Å². The summed E-state index contributed by atoms with van der Waals surface area (Å²) in [5.74, 6) is 4.51. The van der Waals surface area contributed by atoms with E-state index in [9.17, 15) is 10.2 Å². The summed E-state index contributed by atoms with van der Waals surface area (Å²) in [6.45, 7) is 12.2. The van der Waals surface area contributed by atoms with E-state index < -0.39 is 11.7 Å². The van der Waals surface area contributed by atoms with Gasteiger partial charge in [-0.15, -0.1) is 0 Å². The monoisotopic (exact) mass is 404 g/mol. The number of hydrogen-bond donors (Lipinski definition) is 2. The smallest absolute Gasteiger partial charge is 0.0961 e. The van der Waals surface area contributed by atoms with Crippen molar-refractivity contribution in [2.75, 3.05) is 0 Å². The summed E-state index contributed by atoms with van der Waals surface area (Å²) in [5, 5.41) is 22.8. The van der Waals surface area contributed by atoms with Crippen molar-refractivity contribution >= 4 is 0 Å². The van der Waals surface area contributed by atoms with Crippen LogP contribution in [0.3, 0.4) is 0 Å². The summed E-state index contributed by atoms with van der Waals surface area (Å²) in [4.78, 5) is 0. The Labute approximate surface area is 180 Å². The van der Waals surface area contributed by atoms with Crippen LogP contribution in [0.1, 0.15) is 112 Å². The van der Waals surface area contributed by atoms with Crippen molar-refractivity contribution in [1.29, 1.82) is 0 Å². The first-order chi connectivity index (χ1) is 13.6. The summed E-state index contributed by atoms with van der Waals surface area (Å²) < 4.78 is 0. The van der Waals surface area contributed by atoms with E-state index in [2.05, 4.69) is 34.6 Å². The standard InChI is InChI=1S/C27H48O2/c1-18(2)9-8-10-19(3)21-11-12-22-20-17-24(28)27(29)15-7-6-14-26(27,5)23(20)13-16-25(21,22)4/h18-24,28-29H,6-17H2,1-5H3/t19-,20+,21+,22-,23+,24+,25+,26-,27+/m1/s1. The van der Waals surface area contributed by atoms with Crippen LogP contribution in [0.15, 0.2) is 0 Å². The van der Waals surface area contributed by atoms with Crippen LogP contribution >= 0.6 is 0 Å². The molecule has 2 N–H and O–H groups in total. The highest BCUT2D eigenvalue weighted by molar-refractivity contribution is 5.16. The maximum absolute atomic E-state index is 11.6. The highest BCUT2D eigenvalue weighted by Crippen LogP contribution is 2.69. The zero-order valence-electron chi connectivity index (χ0n) is 19.9. The quantitative estimate of drug-likeness (QED) is 0.543. The third kappa shape index (κ3) is 3.34. The predicted molar refractivity (Wildman–Crippen MR) is 121 cm³/mol. The molecule has 0 saturated heterocycles. The van der Waals surface area contributed by atoms with Crippen molar-refractivity contribution in [1.82, 2.24) is 0 Å². The number of aliphatic hydroxyl groups excluding tert-OH is 1. The fraction of sp³-hybridized carbons (Fsp3) is 1.00. The third-order valence-electron chi connectivity index (χ3n) is 11.0. The van der Waals surface area contributed by atoms with E-state index in [0.717, 1.165) is 49.4 Å². The fourth-order valence-corrected chi connectivity index (χ4v) is 9.33. The minimum absolute atomic E-state index is 0.0735. The average molecular weight is 405 g/mol. The van der Waals surface area contributed by atoms with Crippen molar-refractivity contribution in [3.8, 4) is 0 Å². The maximum atomic E-state index is 11.6. The van der Waals surface area contributed by atoms with Crippen LogP contribution in [0.2, 0.25) is 0 Å². The zero-order valence-corrected chi connectivity index (χ0v) is 19.9. The number of rotatable bonds is 5. The molecule has 0 aromatic carbocycles. The van der Waals surface area contributed by atoms with Gasteiger partial charge in [0.1, 0.15) is 0 Å². The Hall–Kier alpha value is -0.0800. The normalized spacial score (nSPS) is 50.7. The van der Waals surface area contributed by atoms with Gasteiger partial charge in [-0.2, -0.15) is 0 Å². The summed E-state index contributed by atoms with van der Waals surface area (Å²) in [7, 11) is 0. The molecular weight excluding hydrogens is 356 g/mol. The van der Waals surface area contributed by atoms with Crippen LogP contribution in [0.4, 0.5) is 0 Å². The Bertz CT molecular complexity index is 587. The van der Waals surface area contributed by atoms with Gasteiger partial charge in [0.25, 0.3) is 0 Å². The van der Waals surface area contributed by atoms with Crippen LogP contribution in [-0.4, -0.2) is 21.9 Å². The SMILES string of the molecule is CC(C)CCC[C@@H](C)[C@@H]1CC[C@@H]2[C@@H]3C[C@H](O)[C@@]4(O)CCCC[C@]4(C)[C@H]3CC[C@]21C. The van der Waals surface area contributed by atoms with Gasteiger partial charge in [-0.3, -0.25) is 0 Å². The molecule has 4 aliphatic carbocycles. The molecule has 0 aromatic heterocycles. The largest absolute Gasteiger partial charge is 0.390 e. The molecular formula is C27H48O2. The maximum Gasteiger partial charge on any atom is 0.0961 e. The van der Waals surface area contributed by atoms with Gasteiger partial charge in [0, 0.05) is 5.41 Å². The van der Waals surface area contributed by atoms with Gasteiger partial charge < -0.3 is 10.2 Å². The van der Waals surface area contributed by atoms with Crippen LogP contribution < -0.4 is 0 Å². The molecule has 4 saturated carbocycles. The molecule has 0 unspecified atom stereocenters. The molecule has 168 valence electrons. The van der Waals surface area contributed by atoms with Crippen molar-refractivity contribution in [3.05, 3.63) is 0 Å². The second-order valence-electron chi connectivity index (χ2n) is 12.7. The first kappa shape index (κ1) is 22.1. The van der Waals surface area contributed by atoms with Crippen molar-refractivity contribution < 1.29 is 10.2 Å². The molecule has 0 aromatic rings. The summed E-state index contributed by atoms with van der Waals surface area (Å²) >= 11 is 0. The molecule has 4 rings (SSSR count). The Morgan fingerprint density at radius 1 is 0.897 bits per heavy atom. The minimum Gasteiger partial charge on any atom is -0.390 e. The molecule has 0 radical (unpaired) electrons. The Balaban J connectivity index is 1.53. The lowest BCUT2D eigenvalue weighted by atomic mass is 9.42. The molecule has 0 amide bonds. The average Bonchev–Trinajstić information content (AvgIpc) is 3.01. The number of aliphatic hydroxyl groups is 2. The first-order valence-electron chi connectivity index (χ1n) is 13.0. The van der Waals surface area contributed by atoms with E-state index in [-0.39, 0.29) is 5.41 Å². The molecule has 0 spiro atoms. The number of hydrogen-bond acceptors (Lipinski definition) is 2. The lowest BCUT2D eigenvalue weighted by molar-refractivity contribution is -0.253. The molecule has 29 heavy (non-hydrogen) atoms. The van der Waals surface area contributed by atoms with Gasteiger partial charge in [0.15, 0.2) is 0 Å². The topological polar surface area (TPSA) is 40.5 Å². The van der Waals surface area contributed by atoms with Crippen LogP contribution in [0, 0.1) is 46.3 Å². The Kier molecular flexibility index (Phi) is 5.95. The van der Waals surface area contributed by atoms with Gasteiger partial charge in [-0.25, -0.2) is 0 Å². The molecule has 0 bridgehead atoms. The van der Waals surface area contributed by atoms with Crippen LogP contribution in [-0.2, 0) is 0 Å². The summed E-state index contributed by atoms with van der Waals surface area (Å²) in [6, 6.07) is 0. The van der Waals surface area contributed by atoms with E-state index in [1.54, 1.807) is 0 Å². The third-order valence-corrected chi connectivity index (χ3v) is 11.0. The predicted octanol–water partition coefficient (Wildman–Crippen LogP) is 6.58. The first-order valence-corrected chi connectivity index (χ1v) is 13.0. The highest BCUT2D eigenvalue weighted by atomic mass is 16.3. The fourth-order valence-electron chi connectivity index (χ4n) is 9.33. The van der Waals surface area contributed by atoms with Crippen molar-refractivity contribution in [2.45, 2.75) is 123 Å². The molecule has 4 aliphatic rings. The van der Waals surface area contributed by atoms with Gasteiger partial charge in [-0.05, 0) is 85.9 Å². The molecule has 2 nitrogen and oxygen atoms in total. The van der Waals surface area contributed by atoms with Gasteiger partial charge in [-0.1, -0.05) is 66.7 Å². The van der Waals surface area contributed by atoms with E-state index in [0.29, 0.717) is 17.3 Å². The lowest BCUT2D eigenvalue weighted by Gasteiger charge is -2.65. The number of fused-ring (bicyclic) bond motifs is 5. The van der Waals surface area contributed by atoms with Crippen molar-refractivity contribution in [2.24, 2.45) is 46.3 Å².